The molecule has 2 aliphatic rings. The topological polar surface area (TPSA) is 71.8 Å². The van der Waals surface area contributed by atoms with E-state index in [-0.39, 0.29) is 18.3 Å². The van der Waals surface area contributed by atoms with Gasteiger partial charge in [0, 0.05) is 6.04 Å². The molecule has 1 atom stereocenters. The third-order valence-corrected chi connectivity index (χ3v) is 5.70. The summed E-state index contributed by atoms with van der Waals surface area (Å²) in [4.78, 5) is 12.7. The Hall–Kier alpha value is -1.14. The summed E-state index contributed by atoms with van der Waals surface area (Å²) >= 11 is 0. The fourth-order valence-electron chi connectivity index (χ4n) is 3.88. The zero-order chi connectivity index (χ0) is 16.9. The Balaban J connectivity index is 0.00000225. The molecule has 2 heterocycles. The number of piperidine rings is 1. The molecule has 7 heteroatoms. The molecule has 0 aromatic carbocycles. The quantitative estimate of drug-likeness (QED) is 0.774. The third kappa shape index (κ3) is 4.73. The van der Waals surface area contributed by atoms with Crippen LogP contribution >= 0.6 is 12.4 Å². The van der Waals surface area contributed by atoms with Crippen LogP contribution in [-0.2, 0) is 0 Å². The molecule has 1 aliphatic heterocycles. The normalized spacial score (nSPS) is 19.8. The fourth-order valence-corrected chi connectivity index (χ4v) is 3.88. The van der Waals surface area contributed by atoms with Gasteiger partial charge >= 0.3 is 0 Å². The first kappa shape index (κ1) is 20.2. The molecule has 2 fully saturated rings. The Bertz CT molecular complexity index is 552. The molecule has 142 valence electrons. The first-order valence-electron chi connectivity index (χ1n) is 9.64. The number of hydrogen-bond acceptors (Lipinski definition) is 4. The molecule has 6 nitrogen and oxygen atoms in total. The van der Waals surface area contributed by atoms with Gasteiger partial charge in [-0.1, -0.05) is 31.4 Å². The Morgan fingerprint density at radius 2 is 2.04 bits per heavy atom. The molecule has 0 spiro atoms. The van der Waals surface area contributed by atoms with Crippen LogP contribution in [0.4, 0.5) is 0 Å². The van der Waals surface area contributed by atoms with Crippen molar-refractivity contribution in [2.45, 2.75) is 77.3 Å². The summed E-state index contributed by atoms with van der Waals surface area (Å²) in [6.45, 7) is 6.19. The van der Waals surface area contributed by atoms with Gasteiger partial charge in [-0.2, -0.15) is 0 Å². The number of rotatable bonds is 7. The SMILES string of the molecule is CCCCC(NC(=O)c1nnn(C2CCNCC2)c1C)C1CCC1.Cl. The lowest BCUT2D eigenvalue weighted by atomic mass is 9.78. The predicted molar refractivity (Wildman–Crippen MR) is 101 cm³/mol. The highest BCUT2D eigenvalue weighted by atomic mass is 35.5. The molecule has 25 heavy (non-hydrogen) atoms. The summed E-state index contributed by atoms with van der Waals surface area (Å²) < 4.78 is 1.96. The van der Waals surface area contributed by atoms with E-state index in [9.17, 15) is 4.79 Å². The smallest absolute Gasteiger partial charge is 0.273 e. The zero-order valence-electron chi connectivity index (χ0n) is 15.5. The van der Waals surface area contributed by atoms with Crippen molar-refractivity contribution in [1.29, 1.82) is 0 Å². The van der Waals surface area contributed by atoms with Crippen molar-refractivity contribution in [2.24, 2.45) is 5.92 Å². The van der Waals surface area contributed by atoms with E-state index >= 15 is 0 Å². The van der Waals surface area contributed by atoms with E-state index in [0.29, 0.717) is 23.7 Å². The second-order valence-corrected chi connectivity index (χ2v) is 7.36. The monoisotopic (exact) mass is 369 g/mol. The maximum Gasteiger partial charge on any atom is 0.273 e. The standard InChI is InChI=1S/C18H31N5O.ClH/c1-3-4-8-16(14-6-5-7-14)20-18(24)17-13(2)23(22-21-17)15-9-11-19-12-10-15;/h14-16,19H,3-12H2,1-2H3,(H,20,24);1H. The molecule has 1 aromatic heterocycles. The number of unbranched alkanes of at least 4 members (excludes halogenated alkanes) is 1. The molecular formula is C18H32ClN5O. The van der Waals surface area contributed by atoms with E-state index in [1.165, 1.54) is 32.1 Å². The Kier molecular flexibility index (Phi) is 7.69. The van der Waals surface area contributed by atoms with Crippen LogP contribution in [0.25, 0.3) is 0 Å². The largest absolute Gasteiger partial charge is 0.348 e. The minimum Gasteiger partial charge on any atom is -0.348 e. The maximum absolute atomic E-state index is 12.7. The highest BCUT2D eigenvalue weighted by molar-refractivity contribution is 5.93. The van der Waals surface area contributed by atoms with Gasteiger partial charge in [0.05, 0.1) is 11.7 Å². The number of carbonyl (C=O) groups excluding carboxylic acids is 1. The maximum atomic E-state index is 12.7. The van der Waals surface area contributed by atoms with Gasteiger partial charge in [-0.25, -0.2) is 4.68 Å². The molecule has 1 saturated heterocycles. The van der Waals surface area contributed by atoms with Gasteiger partial charge in [-0.15, -0.1) is 17.5 Å². The van der Waals surface area contributed by atoms with Crippen molar-refractivity contribution in [2.75, 3.05) is 13.1 Å². The number of amides is 1. The summed E-state index contributed by atoms with van der Waals surface area (Å²) in [6.07, 6.45) is 9.30. The van der Waals surface area contributed by atoms with E-state index in [4.69, 9.17) is 0 Å². The summed E-state index contributed by atoms with van der Waals surface area (Å²) in [7, 11) is 0. The van der Waals surface area contributed by atoms with Gasteiger partial charge in [-0.3, -0.25) is 4.79 Å². The van der Waals surface area contributed by atoms with Crippen molar-refractivity contribution >= 4 is 18.3 Å². The first-order chi connectivity index (χ1) is 11.7. The fraction of sp³-hybridized carbons (Fsp3) is 0.833. The minimum absolute atomic E-state index is 0. The van der Waals surface area contributed by atoms with Gasteiger partial charge in [0.15, 0.2) is 5.69 Å². The second-order valence-electron chi connectivity index (χ2n) is 7.36. The van der Waals surface area contributed by atoms with Crippen molar-refractivity contribution < 1.29 is 4.79 Å². The molecule has 0 bridgehead atoms. The van der Waals surface area contributed by atoms with Gasteiger partial charge in [-0.05, 0) is 58.0 Å². The summed E-state index contributed by atoms with van der Waals surface area (Å²) in [5, 5.41) is 15.1. The molecule has 2 N–H and O–H groups in total. The van der Waals surface area contributed by atoms with Gasteiger partial charge < -0.3 is 10.6 Å². The Morgan fingerprint density at radius 1 is 1.32 bits per heavy atom. The number of carbonyl (C=O) groups is 1. The molecule has 1 aromatic rings. The van der Waals surface area contributed by atoms with E-state index in [1.54, 1.807) is 0 Å². The summed E-state index contributed by atoms with van der Waals surface area (Å²) in [5.74, 6) is 0.612. The second kappa shape index (κ2) is 9.53. The van der Waals surface area contributed by atoms with Crippen LogP contribution in [0, 0.1) is 12.8 Å². The van der Waals surface area contributed by atoms with Gasteiger partial charge in [0.1, 0.15) is 0 Å². The lowest BCUT2D eigenvalue weighted by Crippen LogP contribution is -2.43. The van der Waals surface area contributed by atoms with Crippen LogP contribution in [0.3, 0.4) is 0 Å². The van der Waals surface area contributed by atoms with Gasteiger partial charge in [0.25, 0.3) is 5.91 Å². The predicted octanol–water partition coefficient (Wildman–Crippen LogP) is 3.02. The van der Waals surface area contributed by atoms with Crippen molar-refractivity contribution in [3.05, 3.63) is 11.4 Å². The van der Waals surface area contributed by atoms with Crippen LogP contribution in [0.1, 0.15) is 80.5 Å². The molecule has 1 aliphatic carbocycles. The molecule has 1 unspecified atom stereocenters. The highest BCUT2D eigenvalue weighted by Crippen LogP contribution is 2.32. The minimum atomic E-state index is -0.0410. The van der Waals surface area contributed by atoms with Crippen molar-refractivity contribution in [1.82, 2.24) is 25.6 Å². The number of halogens is 1. The van der Waals surface area contributed by atoms with Crippen molar-refractivity contribution in [3.63, 3.8) is 0 Å². The lowest BCUT2D eigenvalue weighted by molar-refractivity contribution is 0.0889. The molecule has 0 radical (unpaired) electrons. The number of nitrogens with one attached hydrogen (secondary N) is 2. The number of nitrogens with zero attached hydrogens (tertiary/aromatic N) is 3. The summed E-state index contributed by atoms with van der Waals surface area (Å²) in [5.41, 5.74) is 1.41. The highest BCUT2D eigenvalue weighted by Gasteiger charge is 2.30. The molecule has 1 amide bonds. The van der Waals surface area contributed by atoms with Crippen LogP contribution in [-0.4, -0.2) is 40.0 Å². The van der Waals surface area contributed by atoms with Crippen LogP contribution in [0.5, 0.6) is 0 Å². The number of hydrogen-bond donors (Lipinski definition) is 2. The molecular weight excluding hydrogens is 338 g/mol. The Labute approximate surface area is 156 Å². The van der Waals surface area contributed by atoms with Crippen LogP contribution < -0.4 is 10.6 Å². The van der Waals surface area contributed by atoms with E-state index in [1.807, 2.05) is 11.6 Å². The molecule has 3 rings (SSSR count). The number of aromatic nitrogens is 3. The van der Waals surface area contributed by atoms with E-state index < -0.39 is 0 Å². The Morgan fingerprint density at radius 3 is 2.64 bits per heavy atom. The lowest BCUT2D eigenvalue weighted by Gasteiger charge is -2.34. The zero-order valence-corrected chi connectivity index (χ0v) is 16.3. The third-order valence-electron chi connectivity index (χ3n) is 5.70. The van der Waals surface area contributed by atoms with Gasteiger partial charge in [0.2, 0.25) is 0 Å². The first-order valence-corrected chi connectivity index (χ1v) is 9.64. The summed E-state index contributed by atoms with van der Waals surface area (Å²) in [6, 6.07) is 0.664. The van der Waals surface area contributed by atoms with E-state index in [0.717, 1.165) is 38.0 Å². The van der Waals surface area contributed by atoms with Crippen molar-refractivity contribution in [3.8, 4) is 0 Å². The molecule has 1 saturated carbocycles. The van der Waals surface area contributed by atoms with E-state index in [2.05, 4.69) is 27.9 Å². The van der Waals surface area contributed by atoms with Crippen LogP contribution in [0.15, 0.2) is 0 Å². The average molecular weight is 370 g/mol. The average Bonchev–Trinajstić information content (AvgIpc) is 2.93. The van der Waals surface area contributed by atoms with Crippen LogP contribution in [0.2, 0.25) is 0 Å².